The van der Waals surface area contributed by atoms with Crippen molar-refractivity contribution in [3.05, 3.63) is 95.8 Å². The zero-order chi connectivity index (χ0) is 18.8. The van der Waals surface area contributed by atoms with Crippen molar-refractivity contribution in [2.24, 2.45) is 0 Å². The van der Waals surface area contributed by atoms with Crippen molar-refractivity contribution in [3.63, 3.8) is 0 Å². The van der Waals surface area contributed by atoms with Gasteiger partial charge in [0.1, 0.15) is 11.9 Å². The van der Waals surface area contributed by atoms with Crippen LogP contribution in [0.3, 0.4) is 0 Å². The fourth-order valence-corrected chi connectivity index (χ4v) is 3.50. The van der Waals surface area contributed by atoms with E-state index in [-0.39, 0.29) is 17.6 Å². The Morgan fingerprint density at radius 3 is 2.19 bits per heavy atom. The molecule has 136 valence electrons. The number of hydrogen-bond acceptors (Lipinski definition) is 3. The van der Waals surface area contributed by atoms with E-state index in [4.69, 9.17) is 0 Å². The van der Waals surface area contributed by atoms with Gasteiger partial charge >= 0.3 is 0 Å². The summed E-state index contributed by atoms with van der Waals surface area (Å²) in [6.07, 6.45) is 0. The third-order valence-corrected chi connectivity index (χ3v) is 5.01. The molecule has 0 aromatic heterocycles. The topological polar surface area (TPSA) is 23.6 Å². The molecular weight excluding hydrogens is 339 g/mol. The van der Waals surface area contributed by atoms with Crippen LogP contribution < -0.4 is 9.80 Å². The summed E-state index contributed by atoms with van der Waals surface area (Å²) in [6.45, 7) is 3.19. The Hall–Kier alpha value is -3.14. The average Bonchev–Trinajstić information content (AvgIpc) is 3.14. The smallest absolute Gasteiger partial charge is 0.187 e. The van der Waals surface area contributed by atoms with Crippen LogP contribution >= 0.6 is 0 Å². The molecule has 1 aliphatic heterocycles. The summed E-state index contributed by atoms with van der Waals surface area (Å²) >= 11 is 0. The molecule has 0 radical (unpaired) electrons. The minimum atomic E-state index is -0.292. The highest BCUT2D eigenvalue weighted by Gasteiger charge is 2.36. The number of benzene rings is 3. The number of rotatable bonds is 4. The van der Waals surface area contributed by atoms with Crippen LogP contribution in [0.25, 0.3) is 0 Å². The molecule has 27 heavy (non-hydrogen) atoms. The largest absolute Gasteiger partial charge is 0.351 e. The molecule has 0 saturated carbocycles. The molecule has 4 heteroatoms. The maximum Gasteiger partial charge on any atom is 0.187 e. The lowest BCUT2D eigenvalue weighted by Gasteiger charge is -2.25. The highest BCUT2D eigenvalue weighted by Crippen LogP contribution is 2.29. The first-order valence-corrected chi connectivity index (χ1v) is 9.05. The summed E-state index contributed by atoms with van der Waals surface area (Å²) in [4.78, 5) is 17.4. The monoisotopic (exact) mass is 360 g/mol. The van der Waals surface area contributed by atoms with Gasteiger partial charge in [-0.3, -0.25) is 4.79 Å². The third kappa shape index (κ3) is 3.56. The van der Waals surface area contributed by atoms with E-state index in [0.717, 1.165) is 11.4 Å². The SMILES string of the molecule is Cc1ccc(N2CN(c3ccc(F)cc3)CC2C(=O)c2ccccc2)cc1. The molecule has 0 spiro atoms. The van der Waals surface area contributed by atoms with E-state index in [2.05, 4.69) is 34.1 Å². The van der Waals surface area contributed by atoms with Gasteiger partial charge in [-0.1, -0.05) is 48.0 Å². The maximum absolute atomic E-state index is 13.3. The predicted octanol–water partition coefficient (Wildman–Crippen LogP) is 4.67. The number of hydrogen-bond donors (Lipinski definition) is 0. The van der Waals surface area contributed by atoms with Crippen molar-refractivity contribution < 1.29 is 9.18 Å². The molecular formula is C23H21FN2O. The number of carbonyl (C=O) groups is 1. The van der Waals surface area contributed by atoms with Crippen LogP contribution in [0.5, 0.6) is 0 Å². The van der Waals surface area contributed by atoms with E-state index in [0.29, 0.717) is 18.8 Å². The van der Waals surface area contributed by atoms with Gasteiger partial charge in [0.25, 0.3) is 0 Å². The molecule has 0 aliphatic carbocycles. The zero-order valence-electron chi connectivity index (χ0n) is 15.2. The minimum Gasteiger partial charge on any atom is -0.351 e. The van der Waals surface area contributed by atoms with Gasteiger partial charge < -0.3 is 9.80 Å². The zero-order valence-corrected chi connectivity index (χ0v) is 15.2. The van der Waals surface area contributed by atoms with E-state index >= 15 is 0 Å². The second kappa shape index (κ2) is 7.23. The first kappa shape index (κ1) is 17.3. The molecule has 1 saturated heterocycles. The molecule has 1 heterocycles. The van der Waals surface area contributed by atoms with Gasteiger partial charge in [-0.15, -0.1) is 0 Å². The lowest BCUT2D eigenvalue weighted by Crippen LogP contribution is -2.37. The quantitative estimate of drug-likeness (QED) is 0.632. The maximum atomic E-state index is 13.3. The van der Waals surface area contributed by atoms with Crippen molar-refractivity contribution in [1.82, 2.24) is 0 Å². The van der Waals surface area contributed by atoms with Crippen molar-refractivity contribution in [1.29, 1.82) is 0 Å². The summed E-state index contributed by atoms with van der Waals surface area (Å²) in [5.41, 5.74) is 3.82. The Morgan fingerprint density at radius 2 is 1.52 bits per heavy atom. The van der Waals surface area contributed by atoms with Gasteiger partial charge in [-0.05, 0) is 43.3 Å². The minimum absolute atomic E-state index is 0.0980. The van der Waals surface area contributed by atoms with Gasteiger partial charge in [0, 0.05) is 23.5 Å². The molecule has 3 aromatic carbocycles. The standard InChI is InChI=1S/C23H21FN2O/c1-17-7-11-21(12-8-17)26-16-25(20-13-9-19(24)10-14-20)15-22(26)23(27)18-5-3-2-4-6-18/h2-14,22H,15-16H2,1H3. The van der Waals surface area contributed by atoms with Crippen LogP contribution in [0.15, 0.2) is 78.9 Å². The summed E-state index contributed by atoms with van der Waals surface area (Å²) in [7, 11) is 0. The summed E-state index contributed by atoms with van der Waals surface area (Å²) in [6, 6.07) is 23.8. The Kier molecular flexibility index (Phi) is 4.63. The lowest BCUT2D eigenvalue weighted by atomic mass is 10.0. The van der Waals surface area contributed by atoms with Gasteiger partial charge in [0.2, 0.25) is 0 Å². The van der Waals surface area contributed by atoms with Crippen LogP contribution in [-0.2, 0) is 0 Å². The number of nitrogens with zero attached hydrogens (tertiary/aromatic N) is 2. The van der Waals surface area contributed by atoms with Crippen molar-refractivity contribution in [2.45, 2.75) is 13.0 Å². The van der Waals surface area contributed by atoms with E-state index in [1.54, 1.807) is 12.1 Å². The summed E-state index contributed by atoms with van der Waals surface area (Å²) in [5.74, 6) is -0.161. The Morgan fingerprint density at radius 1 is 0.889 bits per heavy atom. The van der Waals surface area contributed by atoms with Crippen molar-refractivity contribution in [3.8, 4) is 0 Å². The fraction of sp³-hybridized carbons (Fsp3) is 0.174. The molecule has 1 aliphatic rings. The van der Waals surface area contributed by atoms with E-state index in [9.17, 15) is 9.18 Å². The van der Waals surface area contributed by atoms with Crippen LogP contribution in [0, 0.1) is 12.7 Å². The van der Waals surface area contributed by atoms with Crippen LogP contribution in [0.4, 0.5) is 15.8 Å². The van der Waals surface area contributed by atoms with Crippen LogP contribution in [0.1, 0.15) is 15.9 Å². The van der Waals surface area contributed by atoms with E-state index in [1.165, 1.54) is 17.7 Å². The molecule has 3 aromatic rings. The first-order valence-electron chi connectivity index (χ1n) is 9.05. The van der Waals surface area contributed by atoms with Crippen LogP contribution in [-0.4, -0.2) is 25.0 Å². The lowest BCUT2D eigenvalue weighted by molar-refractivity contribution is 0.0968. The second-order valence-corrected chi connectivity index (χ2v) is 6.89. The van der Waals surface area contributed by atoms with E-state index < -0.39 is 0 Å². The van der Waals surface area contributed by atoms with Crippen LogP contribution in [0.2, 0.25) is 0 Å². The summed E-state index contributed by atoms with van der Waals surface area (Å²) in [5, 5.41) is 0. The summed E-state index contributed by atoms with van der Waals surface area (Å²) < 4.78 is 13.3. The normalized spacial score (nSPS) is 16.6. The highest BCUT2D eigenvalue weighted by molar-refractivity contribution is 6.03. The number of Topliss-reactive ketones (excluding diaryl/α,β-unsaturated/α-hetero) is 1. The molecule has 1 atom stereocenters. The number of aryl methyl sites for hydroxylation is 1. The molecule has 1 fully saturated rings. The molecule has 4 rings (SSSR count). The number of carbonyl (C=O) groups excluding carboxylic acids is 1. The Labute approximate surface area is 158 Å². The molecule has 3 nitrogen and oxygen atoms in total. The Bertz CT molecular complexity index is 923. The fourth-order valence-electron chi connectivity index (χ4n) is 3.50. The predicted molar refractivity (Wildman–Crippen MR) is 107 cm³/mol. The van der Waals surface area contributed by atoms with Crippen molar-refractivity contribution in [2.75, 3.05) is 23.0 Å². The molecule has 0 bridgehead atoms. The first-order chi connectivity index (χ1) is 13.1. The van der Waals surface area contributed by atoms with Gasteiger partial charge in [0.15, 0.2) is 5.78 Å². The second-order valence-electron chi connectivity index (χ2n) is 6.89. The van der Waals surface area contributed by atoms with Gasteiger partial charge in [-0.2, -0.15) is 0 Å². The number of halogens is 1. The van der Waals surface area contributed by atoms with Gasteiger partial charge in [-0.25, -0.2) is 4.39 Å². The average molecular weight is 360 g/mol. The number of anilines is 2. The third-order valence-electron chi connectivity index (χ3n) is 5.01. The Balaban J connectivity index is 1.67. The molecule has 0 amide bonds. The highest BCUT2D eigenvalue weighted by atomic mass is 19.1. The number of ketones is 1. The van der Waals surface area contributed by atoms with Gasteiger partial charge in [0.05, 0.1) is 6.67 Å². The van der Waals surface area contributed by atoms with E-state index in [1.807, 2.05) is 37.3 Å². The molecule has 1 unspecified atom stereocenters. The van der Waals surface area contributed by atoms with Crippen molar-refractivity contribution >= 4 is 17.2 Å². The molecule has 0 N–H and O–H groups in total.